The van der Waals surface area contributed by atoms with E-state index in [2.05, 4.69) is 0 Å². The molecule has 21 heavy (non-hydrogen) atoms. The van der Waals surface area contributed by atoms with Gasteiger partial charge < -0.3 is 69.6 Å². The van der Waals surface area contributed by atoms with E-state index in [0.29, 0.717) is 0 Å². The van der Waals surface area contributed by atoms with E-state index in [1.807, 2.05) is 0 Å². The van der Waals surface area contributed by atoms with Crippen molar-refractivity contribution in [3.8, 4) is 0 Å². The number of quaternary nitrogens is 1. The molecule has 0 fully saturated rings. The Balaban J connectivity index is -0.0000000168. The van der Waals surface area contributed by atoms with E-state index >= 15 is 0 Å². The minimum atomic E-state index is -2.14. The number of hydrogen-bond acceptors (Lipinski definition) is 6. The zero-order valence-corrected chi connectivity index (χ0v) is 14.7. The Bertz CT molecular complexity index is 124. The van der Waals surface area contributed by atoms with Crippen molar-refractivity contribution in [3.63, 3.8) is 0 Å². The fourth-order valence-electron chi connectivity index (χ4n) is 0.638. The third-order valence-corrected chi connectivity index (χ3v) is 1.44. The molecule has 0 aromatic heterocycles. The second kappa shape index (κ2) is 37.3. The molecule has 0 aliphatic carbocycles. The van der Waals surface area contributed by atoms with Gasteiger partial charge in [-0.25, -0.2) is 0 Å². The first-order valence-corrected chi connectivity index (χ1v) is 3.41. The molecule has 0 radical (unpaired) electrons. The number of aliphatic hydroxyl groups is 3. The summed E-state index contributed by atoms with van der Waals surface area (Å²) in [5.41, 5.74) is 0. The standard InChI is InChI=1S/C6H11O6.2Mo.H3N.H2O.5O/c7-1-3(9)5(11)6(12)4(10)2-8;;;;;;;;;/h3-9H,1-2H2;;;1H3;1H2;;;;;/q-3;;;;;5*-2/p+1/t3-,4-,5-,6-;;;;;;;;;/m1........./s1. The molecule has 0 bridgehead atoms. The number of rotatable bonds is 5. The van der Waals surface area contributed by atoms with E-state index in [-0.39, 0.29) is 81.1 Å². The van der Waals surface area contributed by atoms with Gasteiger partial charge in [0.1, 0.15) is 0 Å². The smallest absolute Gasteiger partial charge is 0.0680 e. The number of hydrogen-bond donors (Lipinski definition) is 4. The fraction of sp³-hybridized carbons (Fsp3) is 1.00. The average Bonchev–Trinajstić information content (AvgIpc) is 2.12. The Morgan fingerprint density at radius 1 is 0.714 bits per heavy atom. The van der Waals surface area contributed by atoms with E-state index in [1.165, 1.54) is 0 Å². The van der Waals surface area contributed by atoms with E-state index in [4.69, 9.17) is 15.3 Å². The first-order valence-electron chi connectivity index (χ1n) is 3.41. The van der Waals surface area contributed by atoms with Crippen LogP contribution in [0.5, 0.6) is 0 Å². The normalized spacial score (nSPS) is 12.3. The van der Waals surface area contributed by atoms with Crippen LogP contribution in [0, 0.1) is 0 Å². The van der Waals surface area contributed by atoms with Crippen molar-refractivity contribution in [1.29, 1.82) is 0 Å². The summed E-state index contributed by atoms with van der Waals surface area (Å²) in [5, 5.41) is 57.1. The molecule has 0 amide bonds. The molecule has 0 saturated carbocycles. The molecule has 0 aliphatic rings. The molecular formula is C6H17Mo2NO12-12. The van der Waals surface area contributed by atoms with Crippen LogP contribution in [-0.4, -0.2) is 58.4 Å². The third-order valence-electron chi connectivity index (χ3n) is 1.44. The molecule has 0 heterocycles. The summed E-state index contributed by atoms with van der Waals surface area (Å²) in [5.74, 6) is 0. The molecule has 0 aromatic rings. The van der Waals surface area contributed by atoms with E-state index in [0.717, 1.165) is 0 Å². The molecule has 0 rings (SSSR count). The largest absolute Gasteiger partial charge is 2.00 e. The predicted molar refractivity (Wildman–Crippen MR) is 44.6 cm³/mol. The Kier molecular flexibility index (Phi) is 120. The van der Waals surface area contributed by atoms with Crippen LogP contribution in [0.25, 0.3) is 0 Å². The Hall–Kier alpha value is 0.857. The van der Waals surface area contributed by atoms with Crippen LogP contribution < -0.4 is 21.5 Å². The van der Waals surface area contributed by atoms with Crippen molar-refractivity contribution in [2.45, 2.75) is 24.4 Å². The quantitative estimate of drug-likeness (QED) is 0.273. The van der Waals surface area contributed by atoms with E-state index in [1.54, 1.807) is 0 Å². The van der Waals surface area contributed by atoms with Crippen LogP contribution in [0.1, 0.15) is 0 Å². The average molecular weight is 487 g/mol. The second-order valence-corrected chi connectivity index (χ2v) is 2.40. The van der Waals surface area contributed by atoms with Gasteiger partial charge in [0, 0.05) is 48.7 Å². The summed E-state index contributed by atoms with van der Waals surface area (Å²) in [6.07, 6.45) is -7.92. The molecule has 9 N–H and O–H groups in total. The van der Waals surface area contributed by atoms with Gasteiger partial charge in [-0.2, -0.15) is 0 Å². The van der Waals surface area contributed by atoms with Crippen molar-refractivity contribution in [3.05, 3.63) is 0 Å². The topological polar surface area (TPSA) is 340 Å². The summed E-state index contributed by atoms with van der Waals surface area (Å²) in [6.45, 7) is -1.80. The van der Waals surface area contributed by atoms with Crippen molar-refractivity contribution in [2.75, 3.05) is 13.2 Å². The summed E-state index contributed by atoms with van der Waals surface area (Å²) < 4.78 is 0. The molecule has 142 valence electrons. The van der Waals surface area contributed by atoms with Gasteiger partial charge in [0.05, 0.1) is 12.7 Å². The molecule has 0 spiro atoms. The van der Waals surface area contributed by atoms with Gasteiger partial charge >= 0.3 is 0 Å². The molecule has 0 unspecified atom stereocenters. The van der Waals surface area contributed by atoms with Gasteiger partial charge in [0.2, 0.25) is 0 Å². The monoisotopic (exact) mass is 491 g/mol. The number of aliphatic hydroxyl groups excluding tert-OH is 3. The van der Waals surface area contributed by atoms with Crippen molar-refractivity contribution >= 4 is 0 Å². The maximum absolute atomic E-state index is 10.7. The van der Waals surface area contributed by atoms with Crippen molar-refractivity contribution in [1.82, 2.24) is 6.15 Å². The van der Waals surface area contributed by atoms with Crippen LogP contribution in [0.3, 0.4) is 0 Å². The Morgan fingerprint density at radius 2 is 1.00 bits per heavy atom. The molecule has 4 atom stereocenters. The summed E-state index contributed by atoms with van der Waals surface area (Å²) in [4.78, 5) is 0. The van der Waals surface area contributed by atoms with Gasteiger partial charge in [0.15, 0.2) is 0 Å². The van der Waals surface area contributed by atoms with Gasteiger partial charge in [-0.15, -0.1) is 18.3 Å². The van der Waals surface area contributed by atoms with Crippen molar-refractivity contribution in [2.24, 2.45) is 0 Å². The van der Waals surface area contributed by atoms with Crippen LogP contribution in [0.4, 0.5) is 0 Å². The Morgan fingerprint density at radius 3 is 1.19 bits per heavy atom. The SMILES string of the molecule is O.[Mo].[Mo].[NH4+].[O-2].[O-2].[O-2].[O-2].[O-2].[O-][C@@H]([C@H]([O-])[C@H](O)CO)[C@H]([O-])CO. The van der Waals surface area contributed by atoms with Crippen LogP contribution >= 0.6 is 0 Å². The summed E-state index contributed by atoms with van der Waals surface area (Å²) in [7, 11) is 0. The van der Waals surface area contributed by atoms with Gasteiger partial charge in [0.25, 0.3) is 0 Å². The summed E-state index contributed by atoms with van der Waals surface area (Å²) >= 11 is 0. The minimum Gasteiger partial charge on any atom is -2.00 e. The van der Waals surface area contributed by atoms with Crippen LogP contribution in [-0.2, 0) is 69.5 Å². The van der Waals surface area contributed by atoms with Crippen LogP contribution in [0.2, 0.25) is 0 Å². The fourth-order valence-corrected chi connectivity index (χ4v) is 0.638. The van der Waals surface area contributed by atoms with Crippen LogP contribution in [0.15, 0.2) is 0 Å². The maximum Gasteiger partial charge on any atom is 0.0680 e. The van der Waals surface area contributed by atoms with Gasteiger partial charge in [-0.3, -0.25) is 0 Å². The van der Waals surface area contributed by atoms with E-state index in [9.17, 15) is 15.3 Å². The third kappa shape index (κ3) is 26.1. The molecule has 0 aromatic carbocycles. The van der Waals surface area contributed by atoms with Gasteiger partial charge in [-0.1, -0.05) is 0 Å². The first kappa shape index (κ1) is 67.6. The zero-order chi connectivity index (χ0) is 9.72. The van der Waals surface area contributed by atoms with Crippen molar-refractivity contribution < 1.29 is 106 Å². The minimum absolute atomic E-state index is 0. The van der Waals surface area contributed by atoms with Gasteiger partial charge in [-0.05, 0) is 0 Å². The molecular weight excluding hydrogens is 470 g/mol. The zero-order valence-electron chi connectivity index (χ0n) is 10.6. The molecule has 0 aliphatic heterocycles. The molecule has 13 nitrogen and oxygen atoms in total. The summed E-state index contributed by atoms with van der Waals surface area (Å²) in [6, 6.07) is 0. The molecule has 15 heteroatoms. The Labute approximate surface area is 149 Å². The predicted octanol–water partition coefficient (Wildman–Crippen LogP) is -6.53. The second-order valence-electron chi connectivity index (χ2n) is 2.40. The molecule has 0 saturated heterocycles. The first-order chi connectivity index (χ1) is 5.54. The van der Waals surface area contributed by atoms with E-state index < -0.39 is 37.6 Å². The maximum atomic E-state index is 10.7.